The lowest BCUT2D eigenvalue weighted by atomic mass is 9.97. The lowest BCUT2D eigenvalue weighted by Crippen LogP contribution is -2.44. The minimum absolute atomic E-state index is 0.184. The molecule has 0 radical (unpaired) electrons. The Morgan fingerprint density at radius 1 is 1.00 bits per heavy atom. The van der Waals surface area contributed by atoms with Crippen molar-refractivity contribution in [2.45, 2.75) is 64.6 Å². The van der Waals surface area contributed by atoms with Gasteiger partial charge < -0.3 is 19.3 Å². The molecule has 1 aliphatic rings. The molecule has 2 amide bonds. The molecule has 0 saturated heterocycles. The number of anilines is 1. The van der Waals surface area contributed by atoms with Gasteiger partial charge in [-0.1, -0.05) is 66.2 Å². The second-order valence-corrected chi connectivity index (χ2v) is 12.5. The number of hydrogen-bond acceptors (Lipinski definition) is 5. The molecule has 1 heterocycles. The fraction of sp³-hybridized carbons (Fsp3) is 0.343. The van der Waals surface area contributed by atoms with E-state index in [-0.39, 0.29) is 30.8 Å². The number of carbonyl (C=O) groups excluding carboxylic acids is 3. The molecule has 0 fully saturated rings. The Labute approximate surface area is 269 Å². The van der Waals surface area contributed by atoms with Crippen molar-refractivity contribution in [2.24, 2.45) is 0 Å². The van der Waals surface area contributed by atoms with Crippen molar-refractivity contribution in [2.75, 3.05) is 18.1 Å². The van der Waals surface area contributed by atoms with E-state index in [1.807, 2.05) is 39.8 Å². The summed E-state index contributed by atoms with van der Waals surface area (Å²) in [6.07, 6.45) is 2.86. The number of esters is 1. The van der Waals surface area contributed by atoms with Gasteiger partial charge in [0, 0.05) is 28.6 Å². The first kappa shape index (κ1) is 33.1. The van der Waals surface area contributed by atoms with Crippen molar-refractivity contribution in [3.05, 3.63) is 106 Å². The van der Waals surface area contributed by atoms with Gasteiger partial charge >= 0.3 is 5.97 Å². The predicted molar refractivity (Wildman–Crippen MR) is 174 cm³/mol. The van der Waals surface area contributed by atoms with Gasteiger partial charge in [0.2, 0.25) is 0 Å². The molecule has 3 aromatic rings. The number of halogens is 2. The molecule has 0 spiro atoms. The molecule has 9 heteroatoms. The highest BCUT2D eigenvalue weighted by Crippen LogP contribution is 2.43. The number of hydrogen-bond donors (Lipinski definition) is 0. The summed E-state index contributed by atoms with van der Waals surface area (Å²) < 4.78 is 11.4. The highest BCUT2D eigenvalue weighted by molar-refractivity contribution is 6.31. The first-order valence-electron chi connectivity index (χ1n) is 14.6. The fourth-order valence-corrected chi connectivity index (χ4v) is 5.57. The Balaban J connectivity index is 1.79. The van der Waals surface area contributed by atoms with E-state index < -0.39 is 17.7 Å². The number of rotatable bonds is 11. The molecule has 4 rings (SSSR count). The number of ether oxygens (including phenoxy) is 2. The summed E-state index contributed by atoms with van der Waals surface area (Å²) in [5, 5.41) is 0.997. The average molecular weight is 638 g/mol. The zero-order valence-electron chi connectivity index (χ0n) is 25.5. The molecule has 232 valence electrons. The van der Waals surface area contributed by atoms with Gasteiger partial charge in [0.15, 0.2) is 0 Å². The van der Waals surface area contributed by atoms with Gasteiger partial charge in [-0.3, -0.25) is 14.4 Å². The molecule has 1 unspecified atom stereocenters. The van der Waals surface area contributed by atoms with Gasteiger partial charge in [-0.15, -0.1) is 0 Å². The van der Waals surface area contributed by atoms with Gasteiger partial charge in [-0.2, -0.15) is 0 Å². The van der Waals surface area contributed by atoms with Crippen LogP contribution in [0.4, 0.5) is 5.69 Å². The third kappa shape index (κ3) is 7.82. The maximum absolute atomic E-state index is 14.8. The van der Waals surface area contributed by atoms with Gasteiger partial charge in [-0.05, 0) is 82.5 Å². The summed E-state index contributed by atoms with van der Waals surface area (Å²) in [6, 6.07) is 17.8. The van der Waals surface area contributed by atoms with Crippen molar-refractivity contribution in [3.8, 4) is 5.75 Å². The summed E-state index contributed by atoms with van der Waals surface area (Å²) in [4.78, 5) is 44.9. The molecular formula is C35H38Cl2N2O5. The van der Waals surface area contributed by atoms with Crippen LogP contribution in [0, 0.1) is 0 Å². The molecule has 44 heavy (non-hydrogen) atoms. The SMILES string of the molecule is C=CCOc1cc(Cl)ccc1C1C(=O)N(CCCCC(=O)OC(C)(C)C)c2ccccc2C(=O)N1[C@H](C)c1ccc(Cl)cc1. The largest absolute Gasteiger partial charge is 0.489 e. The Hall–Kier alpha value is -3.81. The minimum Gasteiger partial charge on any atom is -0.489 e. The average Bonchev–Trinajstić information content (AvgIpc) is 3.06. The Kier molecular flexibility index (Phi) is 10.8. The van der Waals surface area contributed by atoms with Crippen molar-refractivity contribution in [3.63, 3.8) is 0 Å². The quantitative estimate of drug-likeness (QED) is 0.120. The van der Waals surface area contributed by atoms with Gasteiger partial charge in [0.1, 0.15) is 24.0 Å². The van der Waals surface area contributed by atoms with Crippen molar-refractivity contribution >= 4 is 46.7 Å². The zero-order valence-corrected chi connectivity index (χ0v) is 27.0. The molecule has 7 nitrogen and oxygen atoms in total. The van der Waals surface area contributed by atoms with Gasteiger partial charge in [0.05, 0.1) is 17.3 Å². The van der Waals surface area contributed by atoms with Crippen molar-refractivity contribution in [1.82, 2.24) is 4.90 Å². The van der Waals surface area contributed by atoms with E-state index in [0.29, 0.717) is 52.0 Å². The molecule has 3 aromatic carbocycles. The number of amides is 2. The summed E-state index contributed by atoms with van der Waals surface area (Å²) in [7, 11) is 0. The molecule has 0 saturated carbocycles. The first-order valence-corrected chi connectivity index (χ1v) is 15.4. The molecule has 0 aromatic heterocycles. The van der Waals surface area contributed by atoms with E-state index in [2.05, 4.69) is 6.58 Å². The fourth-order valence-electron chi connectivity index (χ4n) is 5.29. The smallest absolute Gasteiger partial charge is 0.306 e. The summed E-state index contributed by atoms with van der Waals surface area (Å²) >= 11 is 12.5. The normalized spacial score (nSPS) is 15.8. The van der Waals surface area contributed by atoms with Crippen LogP contribution in [0.15, 0.2) is 79.4 Å². The lowest BCUT2D eigenvalue weighted by Gasteiger charge is -2.36. The van der Waals surface area contributed by atoms with Gasteiger partial charge in [0.25, 0.3) is 11.8 Å². The lowest BCUT2D eigenvalue weighted by molar-refractivity contribution is -0.154. The van der Waals surface area contributed by atoms with Crippen LogP contribution in [0.25, 0.3) is 0 Å². The second-order valence-electron chi connectivity index (χ2n) is 11.7. The summed E-state index contributed by atoms with van der Waals surface area (Å²) in [5.41, 5.74) is 1.66. The van der Waals surface area contributed by atoms with E-state index in [0.717, 1.165) is 5.56 Å². The molecule has 1 aliphatic heterocycles. The highest BCUT2D eigenvalue weighted by atomic mass is 35.5. The zero-order chi connectivity index (χ0) is 32.0. The van der Waals surface area contributed by atoms with E-state index in [9.17, 15) is 14.4 Å². The molecule has 2 atom stereocenters. The van der Waals surface area contributed by atoms with Crippen LogP contribution < -0.4 is 9.64 Å². The van der Waals surface area contributed by atoms with Crippen LogP contribution in [0.2, 0.25) is 10.0 Å². The van der Waals surface area contributed by atoms with Crippen LogP contribution in [-0.4, -0.2) is 41.4 Å². The van der Waals surface area contributed by atoms with E-state index >= 15 is 0 Å². The number of benzene rings is 3. The number of carbonyl (C=O) groups is 3. The van der Waals surface area contributed by atoms with Gasteiger partial charge in [-0.25, -0.2) is 0 Å². The van der Waals surface area contributed by atoms with Crippen LogP contribution in [0.3, 0.4) is 0 Å². The third-order valence-electron chi connectivity index (χ3n) is 7.27. The predicted octanol–water partition coefficient (Wildman–Crippen LogP) is 8.36. The summed E-state index contributed by atoms with van der Waals surface area (Å²) in [5.74, 6) is -0.511. The molecule has 0 N–H and O–H groups in total. The maximum atomic E-state index is 14.8. The number of fused-ring (bicyclic) bond motifs is 1. The van der Waals surface area contributed by atoms with Crippen LogP contribution in [-0.2, 0) is 14.3 Å². The second kappa shape index (κ2) is 14.3. The maximum Gasteiger partial charge on any atom is 0.306 e. The van der Waals surface area contributed by atoms with Crippen LogP contribution >= 0.6 is 23.2 Å². The molecular weight excluding hydrogens is 599 g/mol. The third-order valence-corrected chi connectivity index (χ3v) is 7.75. The monoisotopic (exact) mass is 636 g/mol. The number of para-hydroxylation sites is 1. The van der Waals surface area contributed by atoms with E-state index in [1.54, 1.807) is 70.5 Å². The van der Waals surface area contributed by atoms with E-state index in [4.69, 9.17) is 32.7 Å². The Bertz CT molecular complexity index is 1520. The molecule has 0 bridgehead atoms. The van der Waals surface area contributed by atoms with Crippen LogP contribution in [0.5, 0.6) is 5.75 Å². The summed E-state index contributed by atoms with van der Waals surface area (Å²) in [6.45, 7) is 11.6. The van der Waals surface area contributed by atoms with E-state index in [1.165, 1.54) is 0 Å². The minimum atomic E-state index is -1.05. The van der Waals surface area contributed by atoms with Crippen molar-refractivity contribution < 1.29 is 23.9 Å². The first-order chi connectivity index (χ1) is 20.9. The topological polar surface area (TPSA) is 76.1 Å². The van der Waals surface area contributed by atoms with Crippen LogP contribution in [0.1, 0.15) is 80.5 Å². The Morgan fingerprint density at radius 3 is 2.36 bits per heavy atom. The van der Waals surface area contributed by atoms with Crippen molar-refractivity contribution in [1.29, 1.82) is 0 Å². The standard InChI is InChI=1S/C35H38Cl2N2O5/c1-6-21-43-30-22-26(37)18-19-28(30)32-34(42)38(20-10-9-13-31(40)44-35(3,4)5)29-12-8-7-11-27(29)33(41)39(32)23(2)24-14-16-25(36)17-15-24/h6-8,11-12,14-19,22-23,32H,1,9-10,13,20-21H2,2-5H3/t23-,32?/m1/s1. The molecule has 0 aliphatic carbocycles. The number of unbranched alkanes of at least 4 members (excludes halogenated alkanes) is 1. The Morgan fingerprint density at radius 2 is 1.68 bits per heavy atom. The highest BCUT2D eigenvalue weighted by Gasteiger charge is 2.44. The number of nitrogens with zero attached hydrogens (tertiary/aromatic N) is 2.